The Bertz CT molecular complexity index is 1020. The Morgan fingerprint density at radius 3 is 0.727 bits per heavy atom. The molecule has 3 aromatic rings. The molecule has 0 amide bonds. The number of halogens is 9. The molecule has 0 bridgehead atoms. The third-order valence-corrected chi connectivity index (χ3v) is 4.58. The number of hydrogen-bond donors (Lipinski definition) is 0. The summed E-state index contributed by atoms with van der Waals surface area (Å²) in [5.41, 5.74) is -1.47. The van der Waals surface area contributed by atoms with E-state index in [0.29, 0.717) is 36.4 Å². The Morgan fingerprint density at radius 1 is 0.364 bits per heavy atom. The van der Waals surface area contributed by atoms with Gasteiger partial charge in [-0.05, 0) is 52.8 Å². The molecule has 0 unspecified atom stereocenters. The van der Waals surface area contributed by atoms with Gasteiger partial charge in [0.25, 0.3) is 0 Å². The first-order valence-corrected chi connectivity index (χ1v) is 8.95. The fourth-order valence-electron chi connectivity index (χ4n) is 3.04. The second-order valence-electron chi connectivity index (χ2n) is 6.80. The van der Waals surface area contributed by atoms with E-state index in [-0.39, 0.29) is 0 Å². The summed E-state index contributed by atoms with van der Waals surface area (Å²) in [5, 5.41) is 0. The van der Waals surface area contributed by atoms with Gasteiger partial charge in [-0.25, -0.2) is 39.5 Å². The Hall–Kier alpha value is -2.90. The number of benzene rings is 3. The molecule has 1 heterocycles. The van der Waals surface area contributed by atoms with Crippen LogP contribution in [0.15, 0.2) is 36.4 Å². The van der Waals surface area contributed by atoms with Crippen molar-refractivity contribution in [2.45, 2.75) is 0 Å². The molecule has 0 aliphatic carbocycles. The molecule has 0 atom stereocenters. The maximum Gasteiger partial charge on any atom is 0.467 e. The lowest BCUT2D eigenvalue weighted by Gasteiger charge is -2.31. The predicted molar refractivity (Wildman–Crippen MR) is 98.4 cm³/mol. The van der Waals surface area contributed by atoms with E-state index in [2.05, 4.69) is 0 Å². The molecule has 1 aliphatic rings. The zero-order valence-electron chi connectivity index (χ0n) is 15.8. The predicted octanol–water partition coefficient (Wildman–Crippen LogP) is 2.49. The molecule has 168 valence electrons. The average Bonchev–Trinajstić information content (AvgIpc) is 2.78. The molecule has 33 heavy (non-hydrogen) atoms. The molecule has 1 aliphatic heterocycles. The summed E-state index contributed by atoms with van der Waals surface area (Å²) in [4.78, 5) is 0. The van der Waals surface area contributed by atoms with Gasteiger partial charge in [-0.3, -0.25) is 0 Å². The van der Waals surface area contributed by atoms with Crippen LogP contribution in [0.25, 0.3) is 0 Å². The van der Waals surface area contributed by atoms with Gasteiger partial charge in [-0.2, -0.15) is 0 Å². The minimum absolute atomic E-state index is 0.472. The van der Waals surface area contributed by atoms with Crippen molar-refractivity contribution >= 4 is 37.7 Å². The molecule has 15 heteroatoms. The standard InChI is InChI=1S/C18H6B3F9O3/c22-10-1-7(2-11(23)16(10)28)19-31-20(8-3-12(24)17(29)13(25)4-8)33-21(32-19)9-5-14(26)18(30)15(27)6-9/h1-6H. The summed E-state index contributed by atoms with van der Waals surface area (Å²) < 4.78 is 138. The van der Waals surface area contributed by atoms with Gasteiger partial charge in [0.1, 0.15) is 0 Å². The van der Waals surface area contributed by atoms with Crippen LogP contribution in [-0.2, 0) is 13.7 Å². The van der Waals surface area contributed by atoms with Crippen molar-refractivity contribution in [2.75, 3.05) is 0 Å². The monoisotopic (exact) mass is 474 g/mol. The Balaban J connectivity index is 1.78. The summed E-state index contributed by atoms with van der Waals surface area (Å²) in [6, 6.07) is 2.83. The molecule has 0 N–H and O–H groups in total. The smallest absolute Gasteiger partial charge is 0.445 e. The highest BCUT2D eigenvalue weighted by atomic mass is 19.2. The largest absolute Gasteiger partial charge is 0.467 e. The van der Waals surface area contributed by atoms with Crippen molar-refractivity contribution in [3.63, 3.8) is 0 Å². The first kappa shape index (κ1) is 23.3. The molecule has 0 aromatic heterocycles. The molecule has 0 radical (unpaired) electrons. The second-order valence-corrected chi connectivity index (χ2v) is 6.80. The topological polar surface area (TPSA) is 27.7 Å². The van der Waals surface area contributed by atoms with Gasteiger partial charge in [-0.15, -0.1) is 0 Å². The van der Waals surface area contributed by atoms with Crippen molar-refractivity contribution < 1.29 is 53.2 Å². The Kier molecular flexibility index (Phi) is 6.21. The highest BCUT2D eigenvalue weighted by Crippen LogP contribution is 2.17. The van der Waals surface area contributed by atoms with Gasteiger partial charge >= 0.3 is 21.4 Å². The zero-order chi connectivity index (χ0) is 24.0. The first-order valence-electron chi connectivity index (χ1n) is 8.95. The van der Waals surface area contributed by atoms with Gasteiger partial charge in [0.2, 0.25) is 0 Å². The summed E-state index contributed by atoms with van der Waals surface area (Å²) in [5.74, 6) is -15.3. The summed E-state index contributed by atoms with van der Waals surface area (Å²) >= 11 is 0. The van der Waals surface area contributed by atoms with E-state index in [0.717, 1.165) is 0 Å². The van der Waals surface area contributed by atoms with Gasteiger partial charge in [-0.1, -0.05) is 0 Å². The molecular weight excluding hydrogens is 468 g/mol. The van der Waals surface area contributed by atoms with Crippen LogP contribution in [0.4, 0.5) is 39.5 Å². The van der Waals surface area contributed by atoms with Crippen LogP contribution in [0.3, 0.4) is 0 Å². The van der Waals surface area contributed by atoms with E-state index in [1.165, 1.54) is 0 Å². The van der Waals surface area contributed by atoms with E-state index in [1.807, 2.05) is 0 Å². The fourth-order valence-corrected chi connectivity index (χ4v) is 3.04. The van der Waals surface area contributed by atoms with Crippen molar-refractivity contribution in [3.8, 4) is 0 Å². The molecule has 1 fully saturated rings. The lowest BCUT2D eigenvalue weighted by molar-refractivity contribution is 0.307. The van der Waals surface area contributed by atoms with Gasteiger partial charge < -0.3 is 13.7 Å². The van der Waals surface area contributed by atoms with E-state index in [9.17, 15) is 39.5 Å². The van der Waals surface area contributed by atoms with Crippen molar-refractivity contribution in [1.82, 2.24) is 0 Å². The van der Waals surface area contributed by atoms with Gasteiger partial charge in [0, 0.05) is 0 Å². The van der Waals surface area contributed by atoms with Gasteiger partial charge in [0.05, 0.1) is 0 Å². The van der Waals surface area contributed by atoms with Crippen LogP contribution in [0.5, 0.6) is 0 Å². The minimum Gasteiger partial charge on any atom is -0.445 e. The zero-order valence-corrected chi connectivity index (χ0v) is 15.8. The van der Waals surface area contributed by atoms with E-state index < -0.39 is 90.1 Å². The molecule has 1 saturated heterocycles. The molecule has 3 aromatic carbocycles. The third-order valence-electron chi connectivity index (χ3n) is 4.58. The maximum absolute atomic E-state index is 13.7. The first-order chi connectivity index (χ1) is 15.5. The summed E-state index contributed by atoms with van der Waals surface area (Å²) in [7, 11) is -5.53. The van der Waals surface area contributed by atoms with Gasteiger partial charge in [0.15, 0.2) is 52.4 Å². The number of rotatable bonds is 3. The van der Waals surface area contributed by atoms with E-state index in [1.54, 1.807) is 0 Å². The number of hydrogen-bond acceptors (Lipinski definition) is 3. The lowest BCUT2D eigenvalue weighted by Crippen LogP contribution is -2.61. The molecule has 0 spiro atoms. The van der Waals surface area contributed by atoms with Crippen LogP contribution in [0.1, 0.15) is 0 Å². The van der Waals surface area contributed by atoms with Crippen LogP contribution in [0.2, 0.25) is 0 Å². The molecular formula is C18H6B3F9O3. The average molecular weight is 474 g/mol. The Morgan fingerprint density at radius 2 is 0.545 bits per heavy atom. The van der Waals surface area contributed by atoms with Crippen molar-refractivity contribution in [2.24, 2.45) is 0 Å². The second kappa shape index (κ2) is 8.80. The summed E-state index contributed by atoms with van der Waals surface area (Å²) in [6.07, 6.45) is 0. The van der Waals surface area contributed by atoms with Crippen LogP contribution in [0, 0.1) is 52.4 Å². The summed E-state index contributed by atoms with van der Waals surface area (Å²) in [6.45, 7) is 0. The van der Waals surface area contributed by atoms with Crippen molar-refractivity contribution in [3.05, 3.63) is 88.8 Å². The van der Waals surface area contributed by atoms with E-state index >= 15 is 0 Å². The van der Waals surface area contributed by atoms with Crippen LogP contribution < -0.4 is 16.4 Å². The highest BCUT2D eigenvalue weighted by Gasteiger charge is 2.45. The molecule has 0 saturated carbocycles. The maximum atomic E-state index is 13.7. The molecule has 4 rings (SSSR count). The lowest BCUT2D eigenvalue weighted by atomic mass is 9.61. The third kappa shape index (κ3) is 4.48. The minimum atomic E-state index is -1.84. The van der Waals surface area contributed by atoms with Crippen LogP contribution in [-0.4, -0.2) is 21.4 Å². The van der Waals surface area contributed by atoms with Crippen molar-refractivity contribution in [1.29, 1.82) is 0 Å². The quantitative estimate of drug-likeness (QED) is 0.332. The normalized spacial score (nSPS) is 14.3. The highest BCUT2D eigenvalue weighted by molar-refractivity contribution is 6.87. The molecule has 3 nitrogen and oxygen atoms in total. The fraction of sp³-hybridized carbons (Fsp3) is 0. The van der Waals surface area contributed by atoms with E-state index in [4.69, 9.17) is 13.7 Å². The Labute approximate surface area is 180 Å². The SMILES string of the molecule is Fc1cc(B2OB(c3cc(F)c(F)c(F)c3)OB(c3cc(F)c(F)c(F)c3)O2)cc(F)c1F. The van der Waals surface area contributed by atoms with Crippen LogP contribution >= 0.6 is 0 Å².